The Morgan fingerprint density at radius 3 is 1.69 bits per heavy atom. The number of hydrogen-bond acceptors (Lipinski definition) is 8. The summed E-state index contributed by atoms with van der Waals surface area (Å²) in [5.41, 5.74) is 0. The molecule has 2 heterocycles. The number of unbranched alkanes of at least 4 members (excludes halogenated alkanes) is 6. The van der Waals surface area contributed by atoms with Gasteiger partial charge in [-0.15, -0.1) is 0 Å². The molecule has 0 spiro atoms. The molecule has 0 bridgehead atoms. The zero-order valence-electron chi connectivity index (χ0n) is 26.5. The van der Waals surface area contributed by atoms with E-state index in [-0.39, 0.29) is 54.7 Å². The predicted octanol–water partition coefficient (Wildman–Crippen LogP) is 4.73. The number of esters is 2. The van der Waals surface area contributed by atoms with E-state index in [0.717, 1.165) is 89.9 Å². The maximum atomic E-state index is 11.8. The molecule has 42 heavy (non-hydrogen) atoms. The fourth-order valence-electron chi connectivity index (χ4n) is 5.32. The molecule has 0 saturated carbocycles. The molecule has 2 fully saturated rings. The highest BCUT2D eigenvalue weighted by Crippen LogP contribution is 2.20. The van der Waals surface area contributed by atoms with E-state index >= 15 is 0 Å². The number of aldehydes is 1. The Balaban J connectivity index is 0.000000420. The highest BCUT2D eigenvalue weighted by Gasteiger charge is 2.27. The van der Waals surface area contributed by atoms with Gasteiger partial charge in [0.05, 0.1) is 30.9 Å². The molecule has 10 nitrogen and oxygen atoms in total. The van der Waals surface area contributed by atoms with Crippen LogP contribution in [0.2, 0.25) is 0 Å². The van der Waals surface area contributed by atoms with Gasteiger partial charge in [-0.25, -0.2) is 0 Å². The quantitative estimate of drug-likeness (QED) is 0.137. The van der Waals surface area contributed by atoms with Gasteiger partial charge in [0.15, 0.2) is 0 Å². The van der Waals surface area contributed by atoms with Crippen molar-refractivity contribution in [1.82, 2.24) is 9.80 Å². The monoisotopic (exact) mass is 596 g/mol. The fourth-order valence-corrected chi connectivity index (χ4v) is 5.32. The third kappa shape index (κ3) is 16.2. The molecule has 2 saturated heterocycles. The molecule has 0 radical (unpaired) electrons. The number of hydrogen-bond donors (Lipinski definition) is 1. The van der Waals surface area contributed by atoms with Crippen LogP contribution in [-0.2, 0) is 33.4 Å². The molecule has 1 N–H and O–H groups in total. The summed E-state index contributed by atoms with van der Waals surface area (Å²) in [6.07, 6.45) is 13.6. The van der Waals surface area contributed by atoms with E-state index in [0.29, 0.717) is 32.2 Å². The lowest BCUT2D eigenvalue weighted by Crippen LogP contribution is -2.45. The molecule has 10 heteroatoms. The molecule has 2 aliphatic heterocycles. The van der Waals surface area contributed by atoms with Crippen LogP contribution in [0.15, 0.2) is 0 Å². The largest absolute Gasteiger partial charge is 0.463 e. The van der Waals surface area contributed by atoms with Crippen molar-refractivity contribution in [3.63, 3.8) is 0 Å². The Morgan fingerprint density at radius 2 is 1.21 bits per heavy atom. The number of likely N-dealkylation sites (tertiary alicyclic amines) is 2. The minimum atomic E-state index is -0.229. The van der Waals surface area contributed by atoms with Gasteiger partial charge in [0.2, 0.25) is 11.8 Å². The molecule has 2 rings (SSSR count). The summed E-state index contributed by atoms with van der Waals surface area (Å²) in [5.74, 6) is -0.00606. The van der Waals surface area contributed by atoms with Crippen LogP contribution in [0, 0.1) is 0 Å². The molecule has 0 aromatic rings. The summed E-state index contributed by atoms with van der Waals surface area (Å²) >= 11 is 0. The molecule has 242 valence electrons. The Hall–Kier alpha value is -2.49. The van der Waals surface area contributed by atoms with Crippen LogP contribution in [0.4, 0.5) is 0 Å². The van der Waals surface area contributed by atoms with Gasteiger partial charge in [0.1, 0.15) is 6.29 Å². The van der Waals surface area contributed by atoms with Crippen LogP contribution in [0.3, 0.4) is 0 Å². The summed E-state index contributed by atoms with van der Waals surface area (Å²) in [4.78, 5) is 60.8. The van der Waals surface area contributed by atoms with E-state index < -0.39 is 0 Å². The van der Waals surface area contributed by atoms with Crippen molar-refractivity contribution in [2.24, 2.45) is 0 Å². The number of aliphatic hydroxyl groups is 1. The predicted molar refractivity (Wildman–Crippen MR) is 160 cm³/mol. The minimum absolute atomic E-state index is 0.00673. The average molecular weight is 597 g/mol. The molecule has 0 aliphatic carbocycles. The van der Waals surface area contributed by atoms with Crippen molar-refractivity contribution >= 4 is 30.0 Å². The zero-order chi connectivity index (χ0) is 31.3. The Bertz CT molecular complexity index is 816. The lowest BCUT2D eigenvalue weighted by Gasteiger charge is -2.34. The summed E-state index contributed by atoms with van der Waals surface area (Å²) in [5, 5.41) is 9.31. The average Bonchev–Trinajstić information content (AvgIpc) is 2.93. The Labute approximate surface area is 252 Å². The minimum Gasteiger partial charge on any atom is -0.463 e. The van der Waals surface area contributed by atoms with Crippen LogP contribution in [-0.4, -0.2) is 88.9 Å². The number of nitrogens with zero attached hydrogens (tertiary/aromatic N) is 2. The van der Waals surface area contributed by atoms with Gasteiger partial charge < -0.3 is 29.2 Å². The first kappa shape index (κ1) is 37.5. The molecular formula is C32H56N2O8. The third-order valence-corrected chi connectivity index (χ3v) is 7.46. The number of aliphatic hydroxyl groups excluding tert-OH is 1. The number of carbonyl (C=O) groups excluding carboxylic acids is 5. The number of amides is 2. The van der Waals surface area contributed by atoms with E-state index in [2.05, 4.69) is 0 Å². The Morgan fingerprint density at radius 1 is 0.762 bits per heavy atom. The van der Waals surface area contributed by atoms with Crippen LogP contribution in [0.1, 0.15) is 130 Å². The molecule has 0 unspecified atom stereocenters. The first-order valence-corrected chi connectivity index (χ1v) is 16.1. The topological polar surface area (TPSA) is 131 Å². The van der Waals surface area contributed by atoms with Crippen LogP contribution in [0.5, 0.6) is 0 Å². The lowest BCUT2D eigenvalue weighted by molar-refractivity contribution is -0.148. The summed E-state index contributed by atoms with van der Waals surface area (Å²) in [6, 6.07) is -0.223. The van der Waals surface area contributed by atoms with Crippen molar-refractivity contribution < 1.29 is 38.6 Å². The van der Waals surface area contributed by atoms with Gasteiger partial charge in [-0.1, -0.05) is 25.7 Å². The maximum absolute atomic E-state index is 11.8. The maximum Gasteiger partial charge on any atom is 0.306 e. The molecule has 2 amide bonds. The number of carbonyl (C=O) groups is 5. The van der Waals surface area contributed by atoms with Crippen molar-refractivity contribution in [1.29, 1.82) is 0 Å². The van der Waals surface area contributed by atoms with Gasteiger partial charge in [-0.05, 0) is 79.1 Å². The highest BCUT2D eigenvalue weighted by atomic mass is 16.5. The zero-order valence-corrected chi connectivity index (χ0v) is 26.5. The van der Waals surface area contributed by atoms with Crippen LogP contribution >= 0.6 is 0 Å². The van der Waals surface area contributed by atoms with Crippen molar-refractivity contribution in [2.45, 2.75) is 155 Å². The van der Waals surface area contributed by atoms with Crippen molar-refractivity contribution in [3.05, 3.63) is 0 Å². The summed E-state index contributed by atoms with van der Waals surface area (Å²) in [7, 11) is 0. The summed E-state index contributed by atoms with van der Waals surface area (Å²) in [6.45, 7) is 8.83. The molecule has 2 atom stereocenters. The van der Waals surface area contributed by atoms with E-state index in [1.54, 1.807) is 4.90 Å². The third-order valence-electron chi connectivity index (χ3n) is 7.46. The van der Waals surface area contributed by atoms with Gasteiger partial charge in [0.25, 0.3) is 0 Å². The van der Waals surface area contributed by atoms with Crippen molar-refractivity contribution in [2.75, 3.05) is 19.7 Å². The van der Waals surface area contributed by atoms with E-state index in [1.165, 1.54) is 0 Å². The number of ether oxygens (including phenoxy) is 2. The van der Waals surface area contributed by atoms with Crippen LogP contribution in [0.25, 0.3) is 0 Å². The SMILES string of the molecule is CC(C)OC(=O)CCCCCCN1C(=O)CCC[C@@H]1C=O.CC(C)OC(=O)CCCCCCN1C(=O)CCC[C@@H]1CO. The molecule has 0 aromatic carbocycles. The van der Waals surface area contributed by atoms with Crippen molar-refractivity contribution in [3.8, 4) is 0 Å². The van der Waals surface area contributed by atoms with Gasteiger partial charge in [0, 0.05) is 38.8 Å². The summed E-state index contributed by atoms with van der Waals surface area (Å²) < 4.78 is 10.1. The van der Waals surface area contributed by atoms with Gasteiger partial charge in [-0.2, -0.15) is 0 Å². The van der Waals surface area contributed by atoms with Gasteiger partial charge in [-0.3, -0.25) is 19.2 Å². The highest BCUT2D eigenvalue weighted by molar-refractivity contribution is 5.81. The molecular weight excluding hydrogens is 540 g/mol. The van der Waals surface area contributed by atoms with Crippen LogP contribution < -0.4 is 0 Å². The van der Waals surface area contributed by atoms with E-state index in [4.69, 9.17) is 9.47 Å². The normalized spacial score (nSPS) is 19.0. The smallest absolute Gasteiger partial charge is 0.306 e. The second-order valence-corrected chi connectivity index (χ2v) is 11.9. The number of rotatable bonds is 18. The van der Waals surface area contributed by atoms with E-state index in [1.807, 2.05) is 32.6 Å². The fraction of sp³-hybridized carbons (Fsp3) is 0.844. The Kier molecular flexibility index (Phi) is 19.8. The number of piperidine rings is 2. The second-order valence-electron chi connectivity index (χ2n) is 11.9. The first-order chi connectivity index (χ1) is 20.1. The lowest BCUT2D eigenvalue weighted by atomic mass is 10.0. The van der Waals surface area contributed by atoms with Gasteiger partial charge >= 0.3 is 11.9 Å². The standard InChI is InChI=1S/C16H29NO4.C16H27NO4/c2*1-13(2)21-16(20)10-5-3-4-6-11-17-14(12-18)8-7-9-15(17)19/h13-14,18H,3-12H2,1-2H3;12-14H,3-11H2,1-2H3/t2*14-/m11/s1. The van der Waals surface area contributed by atoms with E-state index in [9.17, 15) is 29.1 Å². The first-order valence-electron chi connectivity index (χ1n) is 16.1. The second kappa shape index (κ2) is 22.1. The molecule has 0 aromatic heterocycles. The molecule has 2 aliphatic rings.